The van der Waals surface area contributed by atoms with Crippen molar-refractivity contribution in [2.45, 2.75) is 10.9 Å². The van der Waals surface area contributed by atoms with E-state index in [2.05, 4.69) is 10.2 Å². The molecule has 4 rings (SSSR count). The van der Waals surface area contributed by atoms with Crippen molar-refractivity contribution in [3.05, 3.63) is 71.2 Å². The Hall–Kier alpha value is -2.57. The van der Waals surface area contributed by atoms with Gasteiger partial charge in [0, 0.05) is 16.3 Å². The first kappa shape index (κ1) is 16.9. The zero-order valence-corrected chi connectivity index (χ0v) is 15.5. The average Bonchev–Trinajstić information content (AvgIpc) is 3.09. The summed E-state index contributed by atoms with van der Waals surface area (Å²) in [6, 6.07) is 19.5. The van der Waals surface area contributed by atoms with Gasteiger partial charge >= 0.3 is 0 Å². The molecule has 26 heavy (non-hydrogen) atoms. The Bertz CT molecular complexity index is 1070. The summed E-state index contributed by atoms with van der Waals surface area (Å²) < 4.78 is 7.06. The van der Waals surface area contributed by atoms with Crippen molar-refractivity contribution in [1.82, 2.24) is 19.8 Å². The van der Waals surface area contributed by atoms with E-state index >= 15 is 0 Å². The van der Waals surface area contributed by atoms with E-state index in [0.717, 1.165) is 38.5 Å². The van der Waals surface area contributed by atoms with Crippen molar-refractivity contribution < 1.29 is 4.74 Å². The molecule has 0 unspecified atom stereocenters. The third-order valence-corrected chi connectivity index (χ3v) is 5.08. The van der Waals surface area contributed by atoms with E-state index < -0.39 is 0 Å². The van der Waals surface area contributed by atoms with E-state index in [1.165, 1.54) is 0 Å². The lowest BCUT2D eigenvalue weighted by molar-refractivity contribution is 0.415. The van der Waals surface area contributed by atoms with Gasteiger partial charge in [0.1, 0.15) is 5.75 Å². The molecule has 0 aliphatic heterocycles. The summed E-state index contributed by atoms with van der Waals surface area (Å²) in [5, 5.41) is 14.6. The molecular weight excluding hydrogens is 368 g/mol. The van der Waals surface area contributed by atoms with E-state index in [1.807, 2.05) is 60.7 Å². The number of halogens is 1. The Morgan fingerprint density at radius 1 is 1.04 bits per heavy atom. The number of hydrogen-bond acceptors (Lipinski definition) is 5. The largest absolute Gasteiger partial charge is 0.497 e. The first-order chi connectivity index (χ1) is 12.7. The van der Waals surface area contributed by atoms with E-state index in [9.17, 15) is 0 Å². The fourth-order valence-electron chi connectivity index (χ4n) is 2.57. The maximum Gasteiger partial charge on any atom is 0.212 e. The first-order valence-corrected chi connectivity index (χ1v) is 9.33. The predicted octanol–water partition coefficient (Wildman–Crippen LogP) is 4.75. The molecule has 0 atom stereocenters. The van der Waals surface area contributed by atoms with Crippen LogP contribution in [0.5, 0.6) is 5.75 Å². The summed E-state index contributed by atoms with van der Waals surface area (Å²) in [5.41, 5.74) is 3.65. The van der Waals surface area contributed by atoms with E-state index in [1.54, 1.807) is 23.4 Å². The smallest absolute Gasteiger partial charge is 0.212 e. The Kier molecular flexibility index (Phi) is 4.77. The van der Waals surface area contributed by atoms with Gasteiger partial charge in [-0.25, -0.2) is 0 Å². The highest BCUT2D eigenvalue weighted by Crippen LogP contribution is 2.25. The fourth-order valence-corrected chi connectivity index (χ4v) is 3.61. The van der Waals surface area contributed by atoms with Gasteiger partial charge in [-0.1, -0.05) is 47.6 Å². The molecular formula is C19H15ClN4OS. The fraction of sp³-hybridized carbons (Fsp3) is 0.105. The minimum Gasteiger partial charge on any atom is -0.497 e. The molecule has 0 fully saturated rings. The lowest BCUT2D eigenvalue weighted by atomic mass is 10.1. The van der Waals surface area contributed by atoms with Crippen LogP contribution in [0.4, 0.5) is 0 Å². The van der Waals surface area contributed by atoms with Crippen LogP contribution in [-0.4, -0.2) is 26.9 Å². The van der Waals surface area contributed by atoms with Crippen molar-refractivity contribution in [3.8, 4) is 17.0 Å². The lowest BCUT2D eigenvalue weighted by Gasteiger charge is -2.05. The molecule has 0 aliphatic rings. The number of ether oxygens (including phenoxy) is 1. The number of nitrogens with zero attached hydrogens (tertiary/aromatic N) is 4. The minimum atomic E-state index is 0.713. The standard InChI is InChI=1S/C19H15ClN4OS/c1-25-16-7-3-5-14(11-16)17-8-9-18-21-22-19(24(18)23-17)26-12-13-4-2-6-15(20)10-13/h2-11H,12H2,1H3. The molecule has 5 nitrogen and oxygen atoms in total. The number of methoxy groups -OCH3 is 1. The number of aromatic nitrogens is 4. The SMILES string of the molecule is COc1cccc(-c2ccc3nnc(SCc4cccc(Cl)c4)n3n2)c1. The third kappa shape index (κ3) is 3.52. The van der Waals surface area contributed by atoms with E-state index in [4.69, 9.17) is 21.4 Å². The molecule has 2 aromatic carbocycles. The summed E-state index contributed by atoms with van der Waals surface area (Å²) in [4.78, 5) is 0. The number of hydrogen-bond donors (Lipinski definition) is 0. The van der Waals surface area contributed by atoms with Gasteiger partial charge in [0.2, 0.25) is 5.16 Å². The zero-order valence-electron chi connectivity index (χ0n) is 14.0. The number of thioether (sulfide) groups is 1. The van der Waals surface area contributed by atoms with Crippen LogP contribution in [0.1, 0.15) is 5.56 Å². The second-order valence-corrected chi connectivity index (χ2v) is 7.00. The van der Waals surface area contributed by atoms with Gasteiger partial charge in [-0.3, -0.25) is 0 Å². The second kappa shape index (κ2) is 7.35. The molecule has 0 aliphatic carbocycles. The van der Waals surface area contributed by atoms with Gasteiger partial charge in [0.15, 0.2) is 5.65 Å². The highest BCUT2D eigenvalue weighted by Gasteiger charge is 2.10. The Morgan fingerprint density at radius 3 is 2.77 bits per heavy atom. The topological polar surface area (TPSA) is 52.3 Å². The highest BCUT2D eigenvalue weighted by atomic mass is 35.5. The van der Waals surface area contributed by atoms with Crippen LogP contribution in [0.3, 0.4) is 0 Å². The molecule has 130 valence electrons. The van der Waals surface area contributed by atoms with Crippen molar-refractivity contribution in [3.63, 3.8) is 0 Å². The van der Waals surface area contributed by atoms with Gasteiger partial charge in [-0.05, 0) is 42.0 Å². The summed E-state index contributed by atoms with van der Waals surface area (Å²) in [6.07, 6.45) is 0. The molecule has 0 saturated heterocycles. The molecule has 4 aromatic rings. The highest BCUT2D eigenvalue weighted by molar-refractivity contribution is 7.98. The molecule has 0 radical (unpaired) electrons. The van der Waals surface area contributed by atoms with Crippen LogP contribution in [0, 0.1) is 0 Å². The van der Waals surface area contributed by atoms with Crippen LogP contribution >= 0.6 is 23.4 Å². The molecule has 0 bridgehead atoms. The van der Waals surface area contributed by atoms with Crippen LogP contribution < -0.4 is 4.74 Å². The Labute approximate surface area is 160 Å². The Morgan fingerprint density at radius 2 is 1.92 bits per heavy atom. The Balaban J connectivity index is 1.64. The summed E-state index contributed by atoms with van der Waals surface area (Å²) in [7, 11) is 1.65. The van der Waals surface area contributed by atoms with E-state index in [0.29, 0.717) is 5.65 Å². The van der Waals surface area contributed by atoms with Crippen LogP contribution in [0.25, 0.3) is 16.9 Å². The number of rotatable bonds is 5. The van der Waals surface area contributed by atoms with Gasteiger partial charge in [0.05, 0.1) is 12.8 Å². The molecule has 0 saturated carbocycles. The third-order valence-electron chi connectivity index (χ3n) is 3.86. The predicted molar refractivity (Wildman–Crippen MR) is 104 cm³/mol. The normalized spacial score (nSPS) is 11.0. The van der Waals surface area contributed by atoms with Crippen molar-refractivity contribution in [2.75, 3.05) is 7.11 Å². The molecule has 7 heteroatoms. The average molecular weight is 383 g/mol. The zero-order chi connectivity index (χ0) is 17.9. The molecule has 0 N–H and O–H groups in total. The minimum absolute atomic E-state index is 0.713. The molecule has 0 spiro atoms. The quantitative estimate of drug-likeness (QED) is 0.466. The van der Waals surface area contributed by atoms with Crippen LogP contribution in [0.15, 0.2) is 65.8 Å². The van der Waals surface area contributed by atoms with E-state index in [-0.39, 0.29) is 0 Å². The number of benzene rings is 2. The van der Waals surface area contributed by atoms with Gasteiger partial charge in [-0.15, -0.1) is 10.2 Å². The summed E-state index contributed by atoms with van der Waals surface area (Å²) >= 11 is 7.62. The maximum absolute atomic E-state index is 6.05. The number of fused-ring (bicyclic) bond motifs is 1. The molecule has 2 aromatic heterocycles. The lowest BCUT2D eigenvalue weighted by Crippen LogP contribution is -1.97. The van der Waals surface area contributed by atoms with Crippen LogP contribution in [0.2, 0.25) is 5.02 Å². The summed E-state index contributed by atoms with van der Waals surface area (Å²) in [6.45, 7) is 0. The van der Waals surface area contributed by atoms with Gasteiger partial charge in [-0.2, -0.15) is 9.61 Å². The van der Waals surface area contributed by atoms with Crippen molar-refractivity contribution in [2.24, 2.45) is 0 Å². The molecule has 2 heterocycles. The van der Waals surface area contributed by atoms with Gasteiger partial charge < -0.3 is 4.74 Å². The second-order valence-electron chi connectivity index (χ2n) is 5.62. The maximum atomic E-state index is 6.05. The van der Waals surface area contributed by atoms with Gasteiger partial charge in [0.25, 0.3) is 0 Å². The summed E-state index contributed by atoms with van der Waals surface area (Å²) in [5.74, 6) is 1.54. The van der Waals surface area contributed by atoms with Crippen molar-refractivity contribution in [1.29, 1.82) is 0 Å². The first-order valence-electron chi connectivity index (χ1n) is 7.97. The van der Waals surface area contributed by atoms with Crippen molar-refractivity contribution >= 4 is 29.0 Å². The monoisotopic (exact) mass is 382 g/mol. The van der Waals surface area contributed by atoms with Crippen LogP contribution in [-0.2, 0) is 5.75 Å². The molecule has 0 amide bonds.